The maximum atomic E-state index is 4.75. The van der Waals surface area contributed by atoms with Gasteiger partial charge in [0.1, 0.15) is 0 Å². The summed E-state index contributed by atoms with van der Waals surface area (Å²) in [6.45, 7) is 3.76. The minimum atomic E-state index is 0.614. The number of aryl methyl sites for hydroxylation is 2. The summed E-state index contributed by atoms with van der Waals surface area (Å²) >= 11 is 0. The Labute approximate surface area is 150 Å². The largest absolute Gasteiger partial charge is 0.381 e. The van der Waals surface area contributed by atoms with Gasteiger partial charge in [-0.3, -0.25) is 4.68 Å². The standard InChI is InChI=1S/C20H31N5/c1-24-20-18(19(23-24)10-7-13-25-11-5-6-12-25)14-17(15-21-20)22-16-8-3-2-4-9-16/h14-16,22H,2-13H2,1H3. The van der Waals surface area contributed by atoms with Crippen molar-refractivity contribution in [2.24, 2.45) is 7.05 Å². The molecular formula is C20H31N5. The Kier molecular flexibility index (Phi) is 5.20. The van der Waals surface area contributed by atoms with E-state index in [0.717, 1.165) is 17.8 Å². The second-order valence-corrected chi connectivity index (χ2v) is 7.80. The van der Waals surface area contributed by atoms with Crippen molar-refractivity contribution >= 4 is 16.7 Å². The summed E-state index contributed by atoms with van der Waals surface area (Å²) in [6, 6.07) is 2.89. The molecule has 5 nitrogen and oxygen atoms in total. The minimum absolute atomic E-state index is 0.614. The highest BCUT2D eigenvalue weighted by Crippen LogP contribution is 2.25. The Morgan fingerprint density at radius 3 is 2.72 bits per heavy atom. The quantitative estimate of drug-likeness (QED) is 0.869. The van der Waals surface area contributed by atoms with Gasteiger partial charge < -0.3 is 10.2 Å². The molecule has 136 valence electrons. The third kappa shape index (κ3) is 3.97. The van der Waals surface area contributed by atoms with Crippen LogP contribution in [0.4, 0.5) is 5.69 Å². The minimum Gasteiger partial charge on any atom is -0.381 e. The van der Waals surface area contributed by atoms with Gasteiger partial charge in [-0.25, -0.2) is 4.98 Å². The fraction of sp³-hybridized carbons (Fsp3) is 0.700. The van der Waals surface area contributed by atoms with Crippen LogP contribution in [0.5, 0.6) is 0 Å². The topological polar surface area (TPSA) is 46.0 Å². The molecule has 2 aliphatic rings. The van der Waals surface area contributed by atoms with Crippen molar-refractivity contribution in [3.8, 4) is 0 Å². The molecule has 0 aromatic carbocycles. The van der Waals surface area contributed by atoms with Crippen molar-refractivity contribution in [1.82, 2.24) is 19.7 Å². The molecule has 0 bridgehead atoms. The number of hydrogen-bond acceptors (Lipinski definition) is 4. The van der Waals surface area contributed by atoms with E-state index in [0.29, 0.717) is 6.04 Å². The van der Waals surface area contributed by atoms with Crippen LogP contribution >= 0.6 is 0 Å². The molecule has 0 unspecified atom stereocenters. The summed E-state index contributed by atoms with van der Waals surface area (Å²) < 4.78 is 1.94. The number of hydrogen-bond donors (Lipinski definition) is 1. The Morgan fingerprint density at radius 1 is 1.12 bits per heavy atom. The SMILES string of the molecule is Cn1nc(CCCN2CCCC2)c2cc(NC3CCCCC3)cnc21. The van der Waals surface area contributed by atoms with E-state index in [1.807, 2.05) is 17.9 Å². The van der Waals surface area contributed by atoms with E-state index in [2.05, 4.69) is 21.3 Å². The van der Waals surface area contributed by atoms with Crippen molar-refractivity contribution in [1.29, 1.82) is 0 Å². The van der Waals surface area contributed by atoms with Gasteiger partial charge >= 0.3 is 0 Å². The highest BCUT2D eigenvalue weighted by molar-refractivity contribution is 5.81. The summed E-state index contributed by atoms with van der Waals surface area (Å²) in [7, 11) is 2.01. The lowest BCUT2D eigenvalue weighted by molar-refractivity contribution is 0.333. The lowest BCUT2D eigenvalue weighted by Gasteiger charge is -2.23. The number of anilines is 1. The van der Waals surface area contributed by atoms with Crippen LogP contribution in [0.2, 0.25) is 0 Å². The van der Waals surface area contributed by atoms with Gasteiger partial charge in [0.25, 0.3) is 0 Å². The highest BCUT2D eigenvalue weighted by Gasteiger charge is 2.16. The summed E-state index contributed by atoms with van der Waals surface area (Å²) in [5.41, 5.74) is 3.37. The molecule has 1 aliphatic heterocycles. The van der Waals surface area contributed by atoms with Crippen LogP contribution in [-0.2, 0) is 13.5 Å². The molecule has 4 rings (SSSR count). The van der Waals surface area contributed by atoms with E-state index in [1.165, 1.54) is 82.1 Å². The van der Waals surface area contributed by atoms with Gasteiger partial charge in [0.15, 0.2) is 5.65 Å². The normalized spacial score (nSPS) is 19.7. The molecule has 1 aliphatic carbocycles. The number of nitrogens with zero attached hydrogens (tertiary/aromatic N) is 4. The average molecular weight is 342 g/mol. The first-order chi connectivity index (χ1) is 12.3. The van der Waals surface area contributed by atoms with Gasteiger partial charge in [0, 0.05) is 18.5 Å². The zero-order valence-corrected chi connectivity index (χ0v) is 15.5. The smallest absolute Gasteiger partial charge is 0.157 e. The molecule has 2 aromatic rings. The molecule has 0 amide bonds. The average Bonchev–Trinajstić information content (AvgIpc) is 3.25. The molecule has 0 radical (unpaired) electrons. The number of aromatic nitrogens is 3. The molecule has 1 saturated heterocycles. The van der Waals surface area contributed by atoms with Gasteiger partial charge in [-0.05, 0) is 64.2 Å². The fourth-order valence-electron chi connectivity index (χ4n) is 4.43. The molecule has 3 heterocycles. The maximum Gasteiger partial charge on any atom is 0.157 e. The predicted molar refractivity (Wildman–Crippen MR) is 103 cm³/mol. The summed E-state index contributed by atoms with van der Waals surface area (Å²) in [5, 5.41) is 9.68. The summed E-state index contributed by atoms with van der Waals surface area (Å²) in [5.74, 6) is 0. The van der Waals surface area contributed by atoms with Gasteiger partial charge in [0.2, 0.25) is 0 Å². The number of nitrogens with one attached hydrogen (secondary N) is 1. The van der Waals surface area contributed by atoms with E-state index in [-0.39, 0.29) is 0 Å². The maximum absolute atomic E-state index is 4.75. The first kappa shape index (κ1) is 16.8. The first-order valence-electron chi connectivity index (χ1n) is 10.1. The molecule has 5 heteroatoms. The molecule has 2 aromatic heterocycles. The monoisotopic (exact) mass is 341 g/mol. The Hall–Kier alpha value is -1.62. The van der Waals surface area contributed by atoms with Crippen LogP contribution < -0.4 is 5.32 Å². The Morgan fingerprint density at radius 2 is 1.92 bits per heavy atom. The van der Waals surface area contributed by atoms with Crippen molar-refractivity contribution < 1.29 is 0 Å². The molecule has 0 spiro atoms. The Bertz CT molecular complexity index is 695. The molecule has 25 heavy (non-hydrogen) atoms. The summed E-state index contributed by atoms with van der Waals surface area (Å²) in [4.78, 5) is 7.26. The number of fused-ring (bicyclic) bond motifs is 1. The van der Waals surface area contributed by atoms with Crippen molar-refractivity contribution in [3.05, 3.63) is 18.0 Å². The second kappa shape index (κ2) is 7.73. The Balaban J connectivity index is 1.45. The fourth-order valence-corrected chi connectivity index (χ4v) is 4.43. The first-order valence-corrected chi connectivity index (χ1v) is 10.1. The van der Waals surface area contributed by atoms with E-state index >= 15 is 0 Å². The van der Waals surface area contributed by atoms with E-state index < -0.39 is 0 Å². The lowest BCUT2D eigenvalue weighted by Crippen LogP contribution is -2.22. The van der Waals surface area contributed by atoms with E-state index in [1.54, 1.807) is 0 Å². The molecule has 2 fully saturated rings. The van der Waals surface area contributed by atoms with Gasteiger partial charge in [-0.15, -0.1) is 0 Å². The second-order valence-electron chi connectivity index (χ2n) is 7.80. The number of likely N-dealkylation sites (tertiary alicyclic amines) is 1. The number of rotatable bonds is 6. The van der Waals surface area contributed by atoms with Gasteiger partial charge in [0.05, 0.1) is 17.6 Å². The van der Waals surface area contributed by atoms with Crippen LogP contribution in [0.1, 0.15) is 57.1 Å². The van der Waals surface area contributed by atoms with Gasteiger partial charge in [-0.2, -0.15) is 5.10 Å². The van der Waals surface area contributed by atoms with Crippen molar-refractivity contribution in [2.45, 2.75) is 63.8 Å². The van der Waals surface area contributed by atoms with Crippen LogP contribution in [0.25, 0.3) is 11.0 Å². The molecule has 1 saturated carbocycles. The summed E-state index contributed by atoms with van der Waals surface area (Å²) in [6.07, 6.45) is 13.6. The molecular weight excluding hydrogens is 310 g/mol. The highest BCUT2D eigenvalue weighted by atomic mass is 15.3. The predicted octanol–water partition coefficient (Wildman–Crippen LogP) is 3.74. The van der Waals surface area contributed by atoms with E-state index in [4.69, 9.17) is 5.10 Å². The zero-order valence-electron chi connectivity index (χ0n) is 15.5. The third-order valence-corrected chi connectivity index (χ3v) is 5.82. The molecule has 0 atom stereocenters. The van der Waals surface area contributed by atoms with Crippen LogP contribution in [-0.4, -0.2) is 45.3 Å². The lowest BCUT2D eigenvalue weighted by atomic mass is 9.95. The number of pyridine rings is 1. The van der Waals surface area contributed by atoms with Crippen molar-refractivity contribution in [2.75, 3.05) is 25.0 Å². The van der Waals surface area contributed by atoms with Gasteiger partial charge in [-0.1, -0.05) is 19.3 Å². The van der Waals surface area contributed by atoms with E-state index in [9.17, 15) is 0 Å². The third-order valence-electron chi connectivity index (χ3n) is 5.82. The zero-order chi connectivity index (χ0) is 17.1. The van der Waals surface area contributed by atoms with Crippen LogP contribution in [0.3, 0.4) is 0 Å². The van der Waals surface area contributed by atoms with Crippen LogP contribution in [0.15, 0.2) is 12.3 Å². The van der Waals surface area contributed by atoms with Crippen molar-refractivity contribution in [3.63, 3.8) is 0 Å². The molecule has 1 N–H and O–H groups in total. The van der Waals surface area contributed by atoms with Crippen LogP contribution in [0, 0.1) is 0 Å².